The number of thiazole rings is 1. The number of benzene rings is 1. The van der Waals surface area contributed by atoms with Crippen LogP contribution >= 0.6 is 27.3 Å². The molecule has 0 fully saturated rings. The van der Waals surface area contributed by atoms with Crippen molar-refractivity contribution < 1.29 is 9.47 Å². The SMILES string of the molecule is COc1ccc(-c2nc(C)c(Br)s2)cc1OC. The second-order valence-corrected chi connectivity index (χ2v) is 5.76. The second-order valence-electron chi connectivity index (χ2n) is 3.45. The summed E-state index contributed by atoms with van der Waals surface area (Å²) in [6.45, 7) is 1.98. The van der Waals surface area contributed by atoms with E-state index in [-0.39, 0.29) is 0 Å². The quantitative estimate of drug-likeness (QED) is 0.861. The number of halogens is 1. The highest BCUT2D eigenvalue weighted by Crippen LogP contribution is 2.36. The van der Waals surface area contributed by atoms with Crippen LogP contribution in [-0.4, -0.2) is 19.2 Å². The summed E-state index contributed by atoms with van der Waals surface area (Å²) < 4.78 is 11.5. The molecule has 2 rings (SSSR count). The molecule has 0 radical (unpaired) electrons. The van der Waals surface area contributed by atoms with E-state index in [2.05, 4.69) is 20.9 Å². The number of aryl methyl sites for hydroxylation is 1. The van der Waals surface area contributed by atoms with Gasteiger partial charge in [0, 0.05) is 5.56 Å². The van der Waals surface area contributed by atoms with E-state index in [0.717, 1.165) is 25.8 Å². The van der Waals surface area contributed by atoms with Crippen molar-refractivity contribution in [2.45, 2.75) is 6.92 Å². The number of hydrogen-bond acceptors (Lipinski definition) is 4. The molecule has 0 spiro atoms. The summed E-state index contributed by atoms with van der Waals surface area (Å²) in [6, 6.07) is 5.80. The van der Waals surface area contributed by atoms with Gasteiger partial charge in [-0.05, 0) is 41.1 Å². The van der Waals surface area contributed by atoms with Gasteiger partial charge < -0.3 is 9.47 Å². The van der Waals surface area contributed by atoms with Gasteiger partial charge in [-0.15, -0.1) is 11.3 Å². The Morgan fingerprint density at radius 2 is 1.88 bits per heavy atom. The van der Waals surface area contributed by atoms with Crippen molar-refractivity contribution in [3.63, 3.8) is 0 Å². The van der Waals surface area contributed by atoms with E-state index < -0.39 is 0 Å². The number of methoxy groups -OCH3 is 2. The number of nitrogens with zero attached hydrogens (tertiary/aromatic N) is 1. The molecule has 0 atom stereocenters. The molecule has 1 aromatic carbocycles. The van der Waals surface area contributed by atoms with Crippen LogP contribution in [-0.2, 0) is 0 Å². The molecule has 1 aromatic heterocycles. The molecule has 2 aromatic rings. The lowest BCUT2D eigenvalue weighted by atomic mass is 10.2. The molecule has 0 saturated heterocycles. The van der Waals surface area contributed by atoms with Crippen LogP contribution in [0.4, 0.5) is 0 Å². The van der Waals surface area contributed by atoms with Gasteiger partial charge in [0.15, 0.2) is 11.5 Å². The number of aromatic nitrogens is 1. The summed E-state index contributed by atoms with van der Waals surface area (Å²) in [4.78, 5) is 4.49. The van der Waals surface area contributed by atoms with Crippen LogP contribution in [0.25, 0.3) is 10.6 Å². The summed E-state index contributed by atoms with van der Waals surface area (Å²) in [5.41, 5.74) is 2.03. The van der Waals surface area contributed by atoms with E-state index in [9.17, 15) is 0 Å². The van der Waals surface area contributed by atoms with E-state index in [0.29, 0.717) is 5.75 Å². The molecule has 3 nitrogen and oxygen atoms in total. The third-order valence-electron chi connectivity index (χ3n) is 2.37. The first-order valence-corrected chi connectivity index (χ1v) is 6.62. The van der Waals surface area contributed by atoms with Crippen molar-refractivity contribution in [1.29, 1.82) is 0 Å². The first-order chi connectivity index (χ1) is 8.15. The Morgan fingerprint density at radius 3 is 2.41 bits per heavy atom. The minimum atomic E-state index is 0.717. The molecular formula is C12H12BrNO2S. The van der Waals surface area contributed by atoms with Crippen LogP contribution in [0.15, 0.2) is 22.0 Å². The van der Waals surface area contributed by atoms with Crippen molar-refractivity contribution >= 4 is 27.3 Å². The molecule has 0 aliphatic heterocycles. The van der Waals surface area contributed by atoms with Gasteiger partial charge in [-0.1, -0.05) is 0 Å². The fourth-order valence-corrected chi connectivity index (χ4v) is 2.81. The first kappa shape index (κ1) is 12.4. The Balaban J connectivity index is 2.46. The van der Waals surface area contributed by atoms with Gasteiger partial charge in [-0.3, -0.25) is 0 Å². The molecule has 0 aliphatic rings. The maximum atomic E-state index is 5.28. The van der Waals surface area contributed by atoms with Gasteiger partial charge >= 0.3 is 0 Å². The van der Waals surface area contributed by atoms with Gasteiger partial charge in [0.1, 0.15) is 5.01 Å². The molecule has 90 valence electrons. The second kappa shape index (κ2) is 5.06. The minimum Gasteiger partial charge on any atom is -0.493 e. The van der Waals surface area contributed by atoms with Crippen LogP contribution < -0.4 is 9.47 Å². The van der Waals surface area contributed by atoms with E-state index >= 15 is 0 Å². The van der Waals surface area contributed by atoms with Gasteiger partial charge in [0.25, 0.3) is 0 Å². The maximum Gasteiger partial charge on any atom is 0.161 e. The maximum absolute atomic E-state index is 5.28. The van der Waals surface area contributed by atoms with Gasteiger partial charge in [-0.2, -0.15) is 0 Å². The summed E-state index contributed by atoms with van der Waals surface area (Å²) >= 11 is 5.09. The number of ether oxygens (including phenoxy) is 2. The van der Waals surface area contributed by atoms with Crippen LogP contribution in [0, 0.1) is 6.92 Å². The summed E-state index contributed by atoms with van der Waals surface area (Å²) in [6.07, 6.45) is 0. The molecule has 0 saturated carbocycles. The monoisotopic (exact) mass is 313 g/mol. The molecule has 1 heterocycles. The van der Waals surface area contributed by atoms with E-state index in [1.54, 1.807) is 25.6 Å². The van der Waals surface area contributed by atoms with E-state index in [1.165, 1.54) is 0 Å². The smallest absolute Gasteiger partial charge is 0.161 e. The normalized spacial score (nSPS) is 10.4. The highest BCUT2D eigenvalue weighted by molar-refractivity contribution is 9.11. The average molecular weight is 314 g/mol. The standard InChI is InChI=1S/C12H12BrNO2S/c1-7-11(13)17-12(14-7)8-4-5-9(15-2)10(6-8)16-3/h4-6H,1-3H3. The van der Waals surface area contributed by atoms with Crippen LogP contribution in [0.5, 0.6) is 11.5 Å². The largest absolute Gasteiger partial charge is 0.493 e. The van der Waals surface area contributed by atoms with Crippen LogP contribution in [0.3, 0.4) is 0 Å². The lowest BCUT2D eigenvalue weighted by Gasteiger charge is -2.08. The van der Waals surface area contributed by atoms with Crippen LogP contribution in [0.1, 0.15) is 5.69 Å². The number of rotatable bonds is 3. The highest BCUT2D eigenvalue weighted by Gasteiger charge is 2.10. The predicted octanol–water partition coefficient (Wildman–Crippen LogP) is 3.90. The Bertz CT molecular complexity index is 520. The lowest BCUT2D eigenvalue weighted by molar-refractivity contribution is 0.355. The van der Waals surface area contributed by atoms with E-state index in [1.807, 2.05) is 25.1 Å². The molecule has 0 bridgehead atoms. The topological polar surface area (TPSA) is 31.4 Å². The van der Waals surface area contributed by atoms with Crippen molar-refractivity contribution in [2.75, 3.05) is 14.2 Å². The molecule has 17 heavy (non-hydrogen) atoms. The van der Waals surface area contributed by atoms with Gasteiger partial charge in [0.2, 0.25) is 0 Å². The Morgan fingerprint density at radius 1 is 1.18 bits per heavy atom. The lowest BCUT2D eigenvalue weighted by Crippen LogP contribution is -1.90. The third-order valence-corrected chi connectivity index (χ3v) is 4.42. The van der Waals surface area contributed by atoms with Crippen molar-refractivity contribution in [2.24, 2.45) is 0 Å². The molecular weight excluding hydrogens is 302 g/mol. The first-order valence-electron chi connectivity index (χ1n) is 5.01. The van der Waals surface area contributed by atoms with Crippen molar-refractivity contribution in [3.05, 3.63) is 27.7 Å². The molecule has 0 amide bonds. The van der Waals surface area contributed by atoms with E-state index in [4.69, 9.17) is 9.47 Å². The van der Waals surface area contributed by atoms with Crippen molar-refractivity contribution in [3.8, 4) is 22.1 Å². The van der Waals surface area contributed by atoms with Crippen LogP contribution in [0.2, 0.25) is 0 Å². The fraction of sp³-hybridized carbons (Fsp3) is 0.250. The summed E-state index contributed by atoms with van der Waals surface area (Å²) in [5.74, 6) is 1.44. The predicted molar refractivity (Wildman–Crippen MR) is 73.1 cm³/mol. The number of hydrogen-bond donors (Lipinski definition) is 0. The summed E-state index contributed by atoms with van der Waals surface area (Å²) in [7, 11) is 3.26. The third kappa shape index (κ3) is 2.45. The van der Waals surface area contributed by atoms with Crippen molar-refractivity contribution in [1.82, 2.24) is 4.98 Å². The Hall–Kier alpha value is -1.07. The summed E-state index contributed by atoms with van der Waals surface area (Å²) in [5, 5.41) is 0.968. The molecule has 0 unspecified atom stereocenters. The zero-order valence-electron chi connectivity index (χ0n) is 9.78. The molecule has 0 aliphatic carbocycles. The zero-order chi connectivity index (χ0) is 12.4. The Kier molecular flexibility index (Phi) is 3.69. The Labute approximate surface area is 113 Å². The van der Waals surface area contributed by atoms with Gasteiger partial charge in [0.05, 0.1) is 23.7 Å². The average Bonchev–Trinajstić information content (AvgIpc) is 2.68. The van der Waals surface area contributed by atoms with Gasteiger partial charge in [-0.25, -0.2) is 4.98 Å². The fourth-order valence-electron chi connectivity index (χ4n) is 1.47. The minimum absolute atomic E-state index is 0.717. The highest BCUT2D eigenvalue weighted by atomic mass is 79.9. The zero-order valence-corrected chi connectivity index (χ0v) is 12.2. The molecule has 0 N–H and O–H groups in total. The molecule has 5 heteroatoms.